The number of carbonyl (C=O) groups is 3. The quantitative estimate of drug-likeness (QED) is 0.591. The fourth-order valence-electron chi connectivity index (χ4n) is 4.04. The average Bonchev–Trinajstić information content (AvgIpc) is 3.38. The van der Waals surface area contributed by atoms with Crippen LogP contribution in [-0.4, -0.2) is 46.6 Å². The molecular weight excluding hydrogens is 394 g/mol. The largest absolute Gasteiger partial charge is 0.354 e. The summed E-state index contributed by atoms with van der Waals surface area (Å²) >= 11 is 0. The van der Waals surface area contributed by atoms with E-state index in [0.29, 0.717) is 30.7 Å². The van der Waals surface area contributed by atoms with Gasteiger partial charge in [0, 0.05) is 24.7 Å². The first-order valence-corrected chi connectivity index (χ1v) is 10.3. The molecular formula is C23H25N5O3. The highest BCUT2D eigenvalue weighted by molar-refractivity contribution is 6.04. The van der Waals surface area contributed by atoms with E-state index >= 15 is 0 Å². The maximum atomic E-state index is 13.0. The molecule has 1 saturated heterocycles. The van der Waals surface area contributed by atoms with Crippen LogP contribution in [0.2, 0.25) is 0 Å². The molecule has 8 heteroatoms. The summed E-state index contributed by atoms with van der Waals surface area (Å²) in [7, 11) is 0. The molecule has 8 nitrogen and oxygen atoms in total. The molecule has 0 radical (unpaired) electrons. The van der Waals surface area contributed by atoms with E-state index in [9.17, 15) is 14.4 Å². The van der Waals surface area contributed by atoms with Crippen molar-refractivity contribution in [2.75, 3.05) is 18.4 Å². The van der Waals surface area contributed by atoms with Gasteiger partial charge in [0.25, 0.3) is 0 Å². The van der Waals surface area contributed by atoms with Gasteiger partial charge in [0.15, 0.2) is 0 Å². The molecule has 4 amide bonds. The highest BCUT2D eigenvalue weighted by Crippen LogP contribution is 2.27. The minimum absolute atomic E-state index is 0.0667. The van der Waals surface area contributed by atoms with E-state index in [1.165, 1.54) is 10.8 Å². The molecule has 1 aliphatic rings. The zero-order chi connectivity index (χ0) is 21.8. The van der Waals surface area contributed by atoms with Crippen molar-refractivity contribution >= 4 is 34.6 Å². The predicted molar refractivity (Wildman–Crippen MR) is 119 cm³/mol. The number of nitrogens with two attached hydrogens (primary N) is 1. The Morgan fingerprint density at radius 2 is 1.77 bits per heavy atom. The van der Waals surface area contributed by atoms with E-state index in [0.717, 1.165) is 23.8 Å². The third-order valence-electron chi connectivity index (χ3n) is 5.57. The first-order valence-electron chi connectivity index (χ1n) is 10.3. The molecule has 4 rings (SSSR count). The monoisotopic (exact) mass is 419 g/mol. The van der Waals surface area contributed by atoms with Gasteiger partial charge in [-0.05, 0) is 24.5 Å². The Hall–Kier alpha value is -3.81. The Bertz CT molecular complexity index is 1110. The van der Waals surface area contributed by atoms with Crippen molar-refractivity contribution < 1.29 is 14.4 Å². The number of benzene rings is 2. The van der Waals surface area contributed by atoms with Gasteiger partial charge >= 0.3 is 12.1 Å². The lowest BCUT2D eigenvalue weighted by Gasteiger charge is -2.25. The number of anilines is 1. The molecule has 1 atom stereocenters. The van der Waals surface area contributed by atoms with Gasteiger partial charge in [0.1, 0.15) is 0 Å². The summed E-state index contributed by atoms with van der Waals surface area (Å²) in [4.78, 5) is 38.7. The third-order valence-corrected chi connectivity index (χ3v) is 5.57. The molecule has 160 valence electrons. The molecule has 1 aromatic heterocycles. The summed E-state index contributed by atoms with van der Waals surface area (Å²) in [6, 6.07) is 15.8. The Morgan fingerprint density at radius 1 is 1.03 bits per heavy atom. The van der Waals surface area contributed by atoms with Crippen molar-refractivity contribution in [3.63, 3.8) is 0 Å². The predicted octanol–water partition coefficient (Wildman–Crippen LogP) is 2.92. The summed E-state index contributed by atoms with van der Waals surface area (Å²) in [5.41, 5.74) is 7.56. The standard InChI is InChI=1S/C23H25N5O3/c24-22(30)28-15-19(18-10-4-5-11-20(18)28)26-23(31)27-12-6-9-17(27)14-25-21(29)13-16-7-2-1-3-8-16/h1-5,7-8,10-11,15,17H,6,9,12-14H2,(H2,24,30)(H,25,29)(H,26,31). The summed E-state index contributed by atoms with van der Waals surface area (Å²) < 4.78 is 1.32. The van der Waals surface area contributed by atoms with E-state index in [4.69, 9.17) is 5.73 Å². The molecule has 31 heavy (non-hydrogen) atoms. The number of nitrogens with zero attached hydrogens (tertiary/aromatic N) is 2. The van der Waals surface area contributed by atoms with Gasteiger partial charge in [-0.3, -0.25) is 9.36 Å². The summed E-state index contributed by atoms with van der Waals surface area (Å²) in [6.07, 6.45) is 3.54. The Balaban J connectivity index is 1.40. The van der Waals surface area contributed by atoms with Crippen LogP contribution in [0.3, 0.4) is 0 Å². The average molecular weight is 419 g/mol. The molecule has 2 aromatic carbocycles. The van der Waals surface area contributed by atoms with Crippen LogP contribution in [0.1, 0.15) is 18.4 Å². The number of aromatic nitrogens is 1. The van der Waals surface area contributed by atoms with Crippen LogP contribution in [0.4, 0.5) is 15.3 Å². The van der Waals surface area contributed by atoms with Crippen LogP contribution in [0.15, 0.2) is 60.8 Å². The van der Waals surface area contributed by atoms with E-state index < -0.39 is 6.03 Å². The number of primary amides is 1. The van der Waals surface area contributed by atoms with Gasteiger partial charge in [-0.2, -0.15) is 0 Å². The van der Waals surface area contributed by atoms with Gasteiger partial charge in [0.05, 0.1) is 23.7 Å². The second kappa shape index (κ2) is 8.91. The molecule has 1 fully saturated rings. The number of amides is 4. The molecule has 2 heterocycles. The van der Waals surface area contributed by atoms with Gasteiger partial charge in [-0.15, -0.1) is 0 Å². The van der Waals surface area contributed by atoms with E-state index in [2.05, 4.69) is 10.6 Å². The smallest absolute Gasteiger partial charge is 0.323 e. The molecule has 1 aliphatic heterocycles. The maximum Gasteiger partial charge on any atom is 0.323 e. The lowest BCUT2D eigenvalue weighted by molar-refractivity contribution is -0.120. The number of urea groups is 1. The third kappa shape index (κ3) is 4.53. The van der Waals surface area contributed by atoms with E-state index in [1.54, 1.807) is 11.0 Å². The topological polar surface area (TPSA) is 109 Å². The lowest BCUT2D eigenvalue weighted by Crippen LogP contribution is -2.45. The highest BCUT2D eigenvalue weighted by Gasteiger charge is 2.29. The van der Waals surface area contributed by atoms with Crippen molar-refractivity contribution in [3.8, 4) is 0 Å². The number of hydrogen-bond acceptors (Lipinski definition) is 3. The zero-order valence-electron chi connectivity index (χ0n) is 17.1. The van der Waals surface area contributed by atoms with Crippen molar-refractivity contribution in [2.24, 2.45) is 5.73 Å². The number of carbonyl (C=O) groups excluding carboxylic acids is 3. The normalized spacial score (nSPS) is 15.7. The SMILES string of the molecule is NC(=O)n1cc(NC(=O)N2CCCC2CNC(=O)Cc2ccccc2)c2ccccc21. The molecule has 0 bridgehead atoms. The minimum atomic E-state index is -0.614. The maximum absolute atomic E-state index is 13.0. The van der Waals surface area contributed by atoms with Crippen LogP contribution in [0.25, 0.3) is 10.9 Å². The van der Waals surface area contributed by atoms with Crippen molar-refractivity contribution in [2.45, 2.75) is 25.3 Å². The number of fused-ring (bicyclic) bond motifs is 1. The first kappa shape index (κ1) is 20.5. The fourth-order valence-corrected chi connectivity index (χ4v) is 4.04. The number of nitrogens with one attached hydrogen (secondary N) is 2. The molecule has 4 N–H and O–H groups in total. The summed E-state index contributed by atoms with van der Waals surface area (Å²) in [6.45, 7) is 1.02. The van der Waals surface area contributed by atoms with Crippen LogP contribution < -0.4 is 16.4 Å². The molecule has 0 saturated carbocycles. The second-order valence-electron chi connectivity index (χ2n) is 7.65. The van der Waals surface area contributed by atoms with Crippen molar-refractivity contribution in [1.82, 2.24) is 14.8 Å². The summed E-state index contributed by atoms with van der Waals surface area (Å²) in [5.74, 6) is -0.0667. The van der Waals surface area contributed by atoms with Crippen LogP contribution in [0, 0.1) is 0 Å². The zero-order valence-corrected chi connectivity index (χ0v) is 17.1. The van der Waals surface area contributed by atoms with Crippen molar-refractivity contribution in [3.05, 3.63) is 66.4 Å². The van der Waals surface area contributed by atoms with Crippen LogP contribution >= 0.6 is 0 Å². The molecule has 1 unspecified atom stereocenters. The number of rotatable bonds is 5. The minimum Gasteiger partial charge on any atom is -0.354 e. The Morgan fingerprint density at radius 3 is 2.55 bits per heavy atom. The highest BCUT2D eigenvalue weighted by atomic mass is 16.2. The first-order chi connectivity index (χ1) is 15.0. The summed E-state index contributed by atoms with van der Waals surface area (Å²) in [5, 5.41) is 6.59. The van der Waals surface area contributed by atoms with Gasteiger partial charge < -0.3 is 21.3 Å². The molecule has 3 aromatic rings. The molecule has 0 aliphatic carbocycles. The number of para-hydroxylation sites is 1. The Kier molecular flexibility index (Phi) is 5.88. The van der Waals surface area contributed by atoms with Gasteiger partial charge in [-0.1, -0.05) is 48.5 Å². The van der Waals surface area contributed by atoms with Crippen molar-refractivity contribution in [1.29, 1.82) is 0 Å². The van der Waals surface area contributed by atoms with Gasteiger partial charge in [0.2, 0.25) is 5.91 Å². The van der Waals surface area contributed by atoms with E-state index in [1.807, 2.05) is 48.5 Å². The number of hydrogen-bond donors (Lipinski definition) is 3. The second-order valence-corrected chi connectivity index (χ2v) is 7.65. The number of likely N-dealkylation sites (tertiary alicyclic amines) is 1. The van der Waals surface area contributed by atoms with Crippen LogP contribution in [0.5, 0.6) is 0 Å². The molecule has 0 spiro atoms. The van der Waals surface area contributed by atoms with Crippen LogP contribution in [-0.2, 0) is 11.2 Å². The van der Waals surface area contributed by atoms with E-state index in [-0.39, 0.29) is 18.0 Å². The fraction of sp³-hybridized carbons (Fsp3) is 0.261. The lowest BCUT2D eigenvalue weighted by atomic mass is 10.1. The van der Waals surface area contributed by atoms with Gasteiger partial charge in [-0.25, -0.2) is 9.59 Å². The Labute approximate surface area is 180 Å².